The summed E-state index contributed by atoms with van der Waals surface area (Å²) in [7, 11) is -3.18. The fraction of sp³-hybridized carbons (Fsp3) is 0.400. The molecule has 0 atom stereocenters. The molecule has 0 unspecified atom stereocenters. The molecule has 0 spiro atoms. The van der Waals surface area contributed by atoms with Crippen LogP contribution in [0.5, 0.6) is 0 Å². The van der Waals surface area contributed by atoms with Gasteiger partial charge >= 0.3 is 0 Å². The van der Waals surface area contributed by atoms with E-state index in [1.165, 1.54) is 0 Å². The van der Waals surface area contributed by atoms with Crippen molar-refractivity contribution in [3.8, 4) is 0 Å². The molecule has 1 rings (SSSR count). The van der Waals surface area contributed by atoms with Gasteiger partial charge in [0.15, 0.2) is 0 Å². The highest BCUT2D eigenvalue weighted by atomic mass is 127. The average molecular weight is 369 g/mol. The Labute approximate surface area is 115 Å². The van der Waals surface area contributed by atoms with E-state index in [4.69, 9.17) is 5.73 Å². The maximum atomic E-state index is 11.4. The lowest BCUT2D eigenvalue weighted by Gasteiger charge is -2.10. The minimum absolute atomic E-state index is 0.0340. The number of hydrogen-bond donors (Lipinski definition) is 3. The number of nitrogens with one attached hydrogen (secondary N) is 2. The number of halogens is 1. The van der Waals surface area contributed by atoms with Crippen LogP contribution >= 0.6 is 22.6 Å². The monoisotopic (exact) mass is 369 g/mol. The third-order valence-electron chi connectivity index (χ3n) is 2.06. The highest BCUT2D eigenvalue weighted by molar-refractivity contribution is 14.1. The molecule has 0 aromatic heterocycles. The van der Waals surface area contributed by atoms with Crippen molar-refractivity contribution in [1.82, 2.24) is 4.72 Å². The van der Waals surface area contributed by atoms with Gasteiger partial charge in [-0.25, -0.2) is 13.1 Å². The molecule has 0 bridgehead atoms. The van der Waals surface area contributed by atoms with Gasteiger partial charge in [0, 0.05) is 16.7 Å². The first-order valence-electron chi connectivity index (χ1n) is 5.21. The Morgan fingerprint density at radius 1 is 1.41 bits per heavy atom. The van der Waals surface area contributed by atoms with Gasteiger partial charge in [-0.2, -0.15) is 0 Å². The summed E-state index contributed by atoms with van der Waals surface area (Å²) in [6.45, 7) is 2.50. The molecule has 7 heteroatoms. The maximum Gasteiger partial charge on any atom is 0.213 e. The summed E-state index contributed by atoms with van der Waals surface area (Å²) in [6, 6.07) is 5.59. The zero-order chi connectivity index (χ0) is 12.9. The van der Waals surface area contributed by atoms with Crippen molar-refractivity contribution in [1.29, 1.82) is 0 Å². The van der Waals surface area contributed by atoms with E-state index >= 15 is 0 Å². The third-order valence-corrected chi connectivity index (χ3v) is 4.21. The SMILES string of the molecule is CCNS(=O)(=O)CCNc1ccc(I)cc1N. The Kier molecular flexibility index (Phi) is 5.47. The van der Waals surface area contributed by atoms with Gasteiger partial charge in [-0.3, -0.25) is 0 Å². The lowest BCUT2D eigenvalue weighted by Crippen LogP contribution is -2.29. The van der Waals surface area contributed by atoms with E-state index in [9.17, 15) is 8.42 Å². The molecule has 1 aromatic rings. The van der Waals surface area contributed by atoms with E-state index in [0.717, 1.165) is 9.26 Å². The molecule has 0 fully saturated rings. The number of anilines is 2. The normalized spacial score (nSPS) is 11.4. The van der Waals surface area contributed by atoms with Crippen molar-refractivity contribution >= 4 is 44.0 Å². The maximum absolute atomic E-state index is 11.4. The van der Waals surface area contributed by atoms with Crippen LogP contribution in [0.2, 0.25) is 0 Å². The smallest absolute Gasteiger partial charge is 0.213 e. The number of benzene rings is 1. The van der Waals surface area contributed by atoms with Crippen LogP contribution in [0, 0.1) is 3.57 Å². The number of sulfonamides is 1. The lowest BCUT2D eigenvalue weighted by molar-refractivity contribution is 0.584. The molecule has 0 aliphatic heterocycles. The second-order valence-electron chi connectivity index (χ2n) is 3.48. The molecule has 1 aromatic carbocycles. The first-order valence-corrected chi connectivity index (χ1v) is 7.94. The first kappa shape index (κ1) is 14.5. The summed E-state index contributed by atoms with van der Waals surface area (Å²) in [6.07, 6.45) is 0. The molecule has 17 heavy (non-hydrogen) atoms. The second kappa shape index (κ2) is 6.41. The van der Waals surface area contributed by atoms with Crippen LogP contribution in [0.3, 0.4) is 0 Å². The molecule has 0 aliphatic rings. The molecule has 0 heterocycles. The van der Waals surface area contributed by atoms with Gasteiger partial charge in [-0.1, -0.05) is 6.92 Å². The Balaban J connectivity index is 2.51. The van der Waals surface area contributed by atoms with E-state index in [1.54, 1.807) is 6.92 Å². The van der Waals surface area contributed by atoms with Crippen molar-refractivity contribution < 1.29 is 8.42 Å². The molecule has 4 N–H and O–H groups in total. The molecular formula is C10H16IN3O2S. The summed E-state index contributed by atoms with van der Waals surface area (Å²) in [4.78, 5) is 0. The number of rotatable bonds is 6. The highest BCUT2D eigenvalue weighted by Crippen LogP contribution is 2.20. The highest BCUT2D eigenvalue weighted by Gasteiger charge is 2.08. The summed E-state index contributed by atoms with van der Waals surface area (Å²) in [5.74, 6) is 0.0340. The summed E-state index contributed by atoms with van der Waals surface area (Å²) >= 11 is 2.17. The predicted molar refractivity (Wildman–Crippen MR) is 79.5 cm³/mol. The molecular weight excluding hydrogens is 353 g/mol. The average Bonchev–Trinajstić information content (AvgIpc) is 2.21. The summed E-state index contributed by atoms with van der Waals surface area (Å²) < 4.78 is 26.2. The fourth-order valence-electron chi connectivity index (χ4n) is 1.31. The van der Waals surface area contributed by atoms with Crippen LogP contribution < -0.4 is 15.8 Å². The van der Waals surface area contributed by atoms with Crippen molar-refractivity contribution in [3.63, 3.8) is 0 Å². The molecule has 0 amide bonds. The quantitative estimate of drug-likeness (QED) is 0.520. The van der Waals surface area contributed by atoms with Crippen LogP contribution in [0.15, 0.2) is 18.2 Å². The van der Waals surface area contributed by atoms with Crippen LogP contribution in [0.4, 0.5) is 11.4 Å². The van der Waals surface area contributed by atoms with Crippen molar-refractivity contribution in [2.45, 2.75) is 6.92 Å². The van der Waals surface area contributed by atoms with Gasteiger partial charge in [-0.05, 0) is 40.8 Å². The molecule has 0 aliphatic carbocycles. The largest absolute Gasteiger partial charge is 0.397 e. The Bertz CT molecular complexity index is 476. The topological polar surface area (TPSA) is 84.2 Å². The Hall–Kier alpha value is -0.540. The predicted octanol–water partition coefficient (Wildman–Crippen LogP) is 1.22. The zero-order valence-electron chi connectivity index (χ0n) is 9.53. The van der Waals surface area contributed by atoms with E-state index in [1.807, 2.05) is 18.2 Å². The second-order valence-corrected chi connectivity index (χ2v) is 6.65. The third kappa shape index (κ3) is 5.09. The van der Waals surface area contributed by atoms with Gasteiger partial charge in [0.25, 0.3) is 0 Å². The number of hydrogen-bond acceptors (Lipinski definition) is 4. The fourth-order valence-corrected chi connectivity index (χ4v) is 2.78. The van der Waals surface area contributed by atoms with Crippen LogP contribution in [-0.4, -0.2) is 27.3 Å². The molecule has 0 radical (unpaired) electrons. The van der Waals surface area contributed by atoms with Crippen LogP contribution in [0.25, 0.3) is 0 Å². The minimum Gasteiger partial charge on any atom is -0.397 e. The van der Waals surface area contributed by atoms with Gasteiger partial charge in [0.05, 0.1) is 17.1 Å². The molecule has 0 saturated carbocycles. The number of nitrogen functional groups attached to an aromatic ring is 1. The zero-order valence-corrected chi connectivity index (χ0v) is 12.5. The summed E-state index contributed by atoms with van der Waals surface area (Å²) in [5.41, 5.74) is 7.18. The first-order chi connectivity index (χ1) is 7.94. The van der Waals surface area contributed by atoms with Crippen molar-refractivity contribution in [2.24, 2.45) is 0 Å². The molecule has 0 saturated heterocycles. The van der Waals surface area contributed by atoms with E-state index in [-0.39, 0.29) is 5.75 Å². The van der Waals surface area contributed by atoms with Crippen molar-refractivity contribution in [3.05, 3.63) is 21.8 Å². The molecule has 5 nitrogen and oxygen atoms in total. The van der Waals surface area contributed by atoms with Crippen molar-refractivity contribution in [2.75, 3.05) is 29.9 Å². The van der Waals surface area contributed by atoms with Gasteiger partial charge in [0.1, 0.15) is 0 Å². The minimum atomic E-state index is -3.18. The standard InChI is InChI=1S/C10H16IN3O2S/c1-2-14-17(15,16)6-5-13-10-4-3-8(11)7-9(10)12/h3-4,7,13-14H,2,5-6,12H2,1H3. The Morgan fingerprint density at radius 2 is 2.12 bits per heavy atom. The van der Waals surface area contributed by atoms with E-state index < -0.39 is 10.0 Å². The number of nitrogens with two attached hydrogens (primary N) is 1. The summed E-state index contributed by atoms with van der Waals surface area (Å²) in [5, 5.41) is 3.01. The van der Waals surface area contributed by atoms with Gasteiger partial charge < -0.3 is 11.1 Å². The Morgan fingerprint density at radius 3 is 2.71 bits per heavy atom. The van der Waals surface area contributed by atoms with Gasteiger partial charge in [-0.15, -0.1) is 0 Å². The lowest BCUT2D eigenvalue weighted by atomic mass is 10.3. The molecule has 96 valence electrons. The van der Waals surface area contributed by atoms with E-state index in [2.05, 4.69) is 32.6 Å². The van der Waals surface area contributed by atoms with Crippen LogP contribution in [0.1, 0.15) is 6.92 Å². The van der Waals surface area contributed by atoms with Gasteiger partial charge in [0.2, 0.25) is 10.0 Å². The van der Waals surface area contributed by atoms with Crippen LogP contribution in [-0.2, 0) is 10.0 Å². The van der Waals surface area contributed by atoms with E-state index in [0.29, 0.717) is 18.8 Å².